The van der Waals surface area contributed by atoms with Crippen LogP contribution in [0.1, 0.15) is 41.5 Å². The van der Waals surface area contributed by atoms with Crippen molar-refractivity contribution >= 4 is 7.12 Å². The molecule has 0 saturated carbocycles. The monoisotopic (exact) mass is 467 g/mol. The molecule has 1 N–H and O–H groups in total. The van der Waals surface area contributed by atoms with E-state index in [0.717, 1.165) is 0 Å². The molecule has 0 aliphatic carbocycles. The first-order valence-corrected chi connectivity index (χ1v) is 11.1. The van der Waals surface area contributed by atoms with Gasteiger partial charge in [0.15, 0.2) is 0 Å². The minimum absolute atomic E-state index is 0.159. The van der Waals surface area contributed by atoms with Gasteiger partial charge in [0.05, 0.1) is 32.5 Å². The van der Waals surface area contributed by atoms with Gasteiger partial charge in [0.25, 0.3) is 0 Å². The van der Waals surface area contributed by atoms with Gasteiger partial charge in [-0.2, -0.15) is 0 Å². The zero-order valence-corrected chi connectivity index (χ0v) is 21.3. The summed E-state index contributed by atoms with van der Waals surface area (Å²) in [4.78, 5) is 10.2. The second kappa shape index (κ2) is 24.5. The highest BCUT2D eigenvalue weighted by molar-refractivity contribution is 6.55. The smallest absolute Gasteiger partial charge is 0.423 e. The molecule has 0 aromatic rings. The standard InChI is InChI=1S/C18H28BNO7.2C2H6.C2H2/c1-14(2)26-13-16(11-24-4)12-25-9-7-5-6-8-17-15(3)19(21)27-18(17)10-20(22)23;3*1-2/h5-7,14,16,18,21H,3,9-13H2,1-2,4H3;2*1-2H3;1-2H/b7-5-;;;. The molecule has 1 fully saturated rings. The Morgan fingerprint density at radius 2 is 1.88 bits per heavy atom. The molecule has 188 valence electrons. The Hall–Kier alpha value is -2.18. The van der Waals surface area contributed by atoms with Crippen LogP contribution in [0, 0.1) is 28.9 Å². The van der Waals surface area contributed by atoms with E-state index in [2.05, 4.69) is 25.2 Å². The molecular weight excluding hydrogens is 425 g/mol. The van der Waals surface area contributed by atoms with Gasteiger partial charge in [-0.25, -0.2) is 0 Å². The Bertz CT molecular complexity index is 626. The van der Waals surface area contributed by atoms with E-state index >= 15 is 0 Å². The van der Waals surface area contributed by atoms with E-state index in [0.29, 0.717) is 32.0 Å². The second-order valence-electron chi connectivity index (χ2n) is 6.41. The van der Waals surface area contributed by atoms with Crippen LogP contribution in [0.5, 0.6) is 0 Å². The zero-order valence-electron chi connectivity index (χ0n) is 21.3. The van der Waals surface area contributed by atoms with Crippen LogP contribution in [0.3, 0.4) is 0 Å². The molecule has 2 unspecified atom stereocenters. The summed E-state index contributed by atoms with van der Waals surface area (Å²) in [6.45, 7) is 17.2. The highest BCUT2D eigenvalue weighted by atomic mass is 16.6. The topological polar surface area (TPSA) is 100 Å². The van der Waals surface area contributed by atoms with Crippen LogP contribution < -0.4 is 0 Å². The van der Waals surface area contributed by atoms with Crippen LogP contribution in [0.2, 0.25) is 0 Å². The molecule has 1 heterocycles. The summed E-state index contributed by atoms with van der Waals surface area (Å²) >= 11 is 0. The van der Waals surface area contributed by atoms with Gasteiger partial charge in [-0.3, -0.25) is 10.1 Å². The average molecular weight is 467 g/mol. The van der Waals surface area contributed by atoms with Crippen molar-refractivity contribution in [3.63, 3.8) is 0 Å². The normalized spacial score (nSPS) is 15.5. The first kappa shape index (κ1) is 35.4. The Morgan fingerprint density at radius 3 is 2.39 bits per heavy atom. The van der Waals surface area contributed by atoms with Gasteiger partial charge in [-0.1, -0.05) is 46.4 Å². The van der Waals surface area contributed by atoms with E-state index in [1.54, 1.807) is 25.3 Å². The molecule has 0 aromatic heterocycles. The lowest BCUT2D eigenvalue weighted by Crippen LogP contribution is -2.23. The number of methoxy groups -OCH3 is 1. The summed E-state index contributed by atoms with van der Waals surface area (Å²) in [5, 5.41) is 20.3. The van der Waals surface area contributed by atoms with E-state index in [9.17, 15) is 15.1 Å². The molecule has 1 saturated heterocycles. The SMILES string of the molecule is C#C.C=C1B(O)OC(C[N+](=O)[O-])C1=C=C/C=C\COCC(COC)COC(C)C.CC.CC. The quantitative estimate of drug-likeness (QED) is 0.0884. The van der Waals surface area contributed by atoms with Crippen molar-refractivity contribution in [2.45, 2.75) is 53.8 Å². The van der Waals surface area contributed by atoms with Crippen LogP contribution in [0.25, 0.3) is 0 Å². The summed E-state index contributed by atoms with van der Waals surface area (Å²) in [6, 6.07) is 0. The third-order valence-electron chi connectivity index (χ3n) is 3.68. The Balaban J connectivity index is -0.00000138. The average Bonchev–Trinajstić information content (AvgIpc) is 3.07. The zero-order chi connectivity index (χ0) is 26.2. The summed E-state index contributed by atoms with van der Waals surface area (Å²) in [5.41, 5.74) is 3.58. The first-order valence-electron chi connectivity index (χ1n) is 11.1. The minimum atomic E-state index is -1.23. The van der Waals surface area contributed by atoms with Crippen LogP contribution in [0.4, 0.5) is 0 Å². The summed E-state index contributed by atoms with van der Waals surface area (Å²) in [6.07, 6.45) is 12.4. The summed E-state index contributed by atoms with van der Waals surface area (Å²) in [7, 11) is 0.411. The molecule has 8 nitrogen and oxygen atoms in total. The van der Waals surface area contributed by atoms with Gasteiger partial charge in [0, 0.05) is 23.5 Å². The molecule has 9 heteroatoms. The summed E-state index contributed by atoms with van der Waals surface area (Å²) in [5.74, 6) is 0.159. The van der Waals surface area contributed by atoms with Gasteiger partial charge in [-0.15, -0.1) is 18.6 Å². The van der Waals surface area contributed by atoms with Gasteiger partial charge in [0.1, 0.15) is 6.10 Å². The number of hydrogen-bond acceptors (Lipinski definition) is 7. The molecule has 1 aliphatic rings. The van der Waals surface area contributed by atoms with Gasteiger partial charge >= 0.3 is 7.12 Å². The minimum Gasteiger partial charge on any atom is -0.423 e. The van der Waals surface area contributed by atoms with Crippen LogP contribution in [-0.4, -0.2) is 69.4 Å². The maximum Gasteiger partial charge on any atom is 0.492 e. The van der Waals surface area contributed by atoms with E-state index in [4.69, 9.17) is 18.9 Å². The van der Waals surface area contributed by atoms with Crippen LogP contribution in [0.15, 0.2) is 41.6 Å². The lowest BCUT2D eigenvalue weighted by Gasteiger charge is -2.17. The van der Waals surface area contributed by atoms with Gasteiger partial charge < -0.3 is 23.9 Å². The van der Waals surface area contributed by atoms with E-state index in [1.165, 1.54) is 0 Å². The van der Waals surface area contributed by atoms with Crippen molar-refractivity contribution in [3.8, 4) is 12.8 Å². The number of nitro groups is 1. The fourth-order valence-electron chi connectivity index (χ4n) is 2.37. The predicted molar refractivity (Wildman–Crippen MR) is 134 cm³/mol. The third kappa shape index (κ3) is 18.0. The second-order valence-corrected chi connectivity index (χ2v) is 6.41. The molecule has 0 aromatic carbocycles. The molecule has 0 spiro atoms. The van der Waals surface area contributed by atoms with Gasteiger partial charge in [0.2, 0.25) is 6.54 Å². The van der Waals surface area contributed by atoms with Crippen molar-refractivity contribution in [1.29, 1.82) is 0 Å². The molecule has 0 amide bonds. The maximum absolute atomic E-state index is 10.7. The van der Waals surface area contributed by atoms with E-state index in [1.807, 2.05) is 41.5 Å². The van der Waals surface area contributed by atoms with Crippen molar-refractivity contribution in [3.05, 3.63) is 51.7 Å². The number of nitrogens with zero attached hydrogens (tertiary/aromatic N) is 1. The Labute approximate surface area is 200 Å². The molecule has 1 aliphatic heterocycles. The van der Waals surface area contributed by atoms with E-state index in [-0.39, 0.29) is 17.5 Å². The number of allylic oxidation sites excluding steroid dienone is 1. The molecule has 1 rings (SSSR count). The van der Waals surface area contributed by atoms with E-state index < -0.39 is 24.7 Å². The number of terminal acetylenes is 1. The first-order chi connectivity index (χ1) is 15.8. The highest BCUT2D eigenvalue weighted by Gasteiger charge is 2.39. The molecule has 33 heavy (non-hydrogen) atoms. The van der Waals surface area contributed by atoms with Crippen molar-refractivity contribution in [1.82, 2.24) is 0 Å². The molecule has 2 atom stereocenters. The summed E-state index contributed by atoms with van der Waals surface area (Å²) < 4.78 is 21.4. The predicted octanol–water partition coefficient (Wildman–Crippen LogP) is 3.88. The molecular formula is C24H42BNO7. The Morgan fingerprint density at radius 1 is 1.27 bits per heavy atom. The van der Waals surface area contributed by atoms with Crippen molar-refractivity contribution in [2.24, 2.45) is 5.92 Å². The van der Waals surface area contributed by atoms with Gasteiger partial charge in [-0.05, 0) is 25.4 Å². The fourth-order valence-corrected chi connectivity index (χ4v) is 2.37. The Kier molecular flexibility index (Phi) is 26.3. The number of rotatable bonds is 12. The third-order valence-corrected chi connectivity index (χ3v) is 3.68. The number of ether oxygens (including phenoxy) is 3. The lowest BCUT2D eigenvalue weighted by molar-refractivity contribution is -0.486. The fraction of sp³-hybridized carbons (Fsp3) is 0.625. The number of hydrogen-bond donors (Lipinski definition) is 1. The highest BCUT2D eigenvalue weighted by Crippen LogP contribution is 2.25. The maximum atomic E-state index is 10.7. The van der Waals surface area contributed by atoms with Crippen molar-refractivity contribution in [2.75, 3.05) is 40.1 Å². The molecule has 0 bridgehead atoms. The molecule has 0 radical (unpaired) electrons. The van der Waals surface area contributed by atoms with Crippen LogP contribution >= 0.6 is 0 Å². The van der Waals surface area contributed by atoms with Crippen LogP contribution in [-0.2, 0) is 18.9 Å². The largest absolute Gasteiger partial charge is 0.492 e. The lowest BCUT2D eigenvalue weighted by atomic mass is 9.79. The van der Waals surface area contributed by atoms with Crippen molar-refractivity contribution < 1.29 is 28.8 Å².